The molecule has 2 aromatic carbocycles. The van der Waals surface area contributed by atoms with Crippen LogP contribution in [0, 0.1) is 6.92 Å². The van der Waals surface area contributed by atoms with Gasteiger partial charge in [-0.25, -0.2) is 0 Å². The quantitative estimate of drug-likeness (QED) is 0.581. The van der Waals surface area contributed by atoms with Crippen molar-refractivity contribution in [2.75, 3.05) is 0 Å². The number of hydrogen-bond donors (Lipinski definition) is 0. The summed E-state index contributed by atoms with van der Waals surface area (Å²) in [5.41, 5.74) is 3.87. The molecule has 0 fully saturated rings. The zero-order valence-corrected chi connectivity index (χ0v) is 10.9. The topological polar surface area (TPSA) is 0 Å². The van der Waals surface area contributed by atoms with Crippen LogP contribution in [0.3, 0.4) is 0 Å². The molecular weight excluding hydrogens is 204 g/mol. The van der Waals surface area contributed by atoms with Gasteiger partial charge in [-0.2, -0.15) is 0 Å². The van der Waals surface area contributed by atoms with Gasteiger partial charge in [-0.15, -0.1) is 0 Å². The minimum absolute atomic E-state index is 1.28. The monoisotopic (exact) mass is 224 g/mol. The summed E-state index contributed by atoms with van der Waals surface area (Å²) in [6.45, 7) is 6.11. The van der Waals surface area contributed by atoms with Crippen LogP contribution in [0.4, 0.5) is 0 Å². The van der Waals surface area contributed by atoms with E-state index >= 15 is 0 Å². The minimum atomic E-state index is 1.28. The van der Waals surface area contributed by atoms with Crippen molar-refractivity contribution in [2.24, 2.45) is 0 Å². The summed E-state index contributed by atoms with van der Waals surface area (Å²) in [7, 11) is 0. The maximum atomic E-state index is 2.16. The molecule has 0 N–H and O–H groups in total. The first kappa shape index (κ1) is 13.2. The molecule has 0 saturated carbocycles. The zero-order chi connectivity index (χ0) is 12.5. The number of aryl methyl sites for hydroxylation is 1. The molecule has 0 aliphatic carbocycles. The second-order valence-corrected chi connectivity index (χ2v) is 3.90. The molecule has 17 heavy (non-hydrogen) atoms. The SMILES string of the molecule is C/C=C\C.Cc1ccc(-c2ccccc2)cc1. The van der Waals surface area contributed by atoms with Crippen molar-refractivity contribution in [3.63, 3.8) is 0 Å². The van der Waals surface area contributed by atoms with E-state index in [1.807, 2.05) is 32.1 Å². The summed E-state index contributed by atoms with van der Waals surface area (Å²) >= 11 is 0. The Balaban J connectivity index is 0.000000317. The van der Waals surface area contributed by atoms with E-state index in [-0.39, 0.29) is 0 Å². The van der Waals surface area contributed by atoms with E-state index in [2.05, 4.69) is 55.5 Å². The lowest BCUT2D eigenvalue weighted by Crippen LogP contribution is -1.76. The van der Waals surface area contributed by atoms with Gasteiger partial charge in [0.15, 0.2) is 0 Å². The summed E-state index contributed by atoms with van der Waals surface area (Å²) in [5, 5.41) is 0. The van der Waals surface area contributed by atoms with Crippen LogP contribution in [0.25, 0.3) is 11.1 Å². The molecule has 0 aliphatic rings. The van der Waals surface area contributed by atoms with Gasteiger partial charge in [0.05, 0.1) is 0 Å². The highest BCUT2D eigenvalue weighted by atomic mass is 14.0. The van der Waals surface area contributed by atoms with E-state index in [9.17, 15) is 0 Å². The molecule has 2 aromatic rings. The highest BCUT2D eigenvalue weighted by molar-refractivity contribution is 5.63. The molecule has 0 unspecified atom stereocenters. The Morgan fingerprint density at radius 2 is 1.12 bits per heavy atom. The van der Waals surface area contributed by atoms with Crippen LogP contribution in [0.5, 0.6) is 0 Å². The van der Waals surface area contributed by atoms with Crippen LogP contribution < -0.4 is 0 Å². The van der Waals surface area contributed by atoms with Gasteiger partial charge in [-0.05, 0) is 31.9 Å². The molecule has 0 aliphatic heterocycles. The van der Waals surface area contributed by atoms with Gasteiger partial charge in [0.2, 0.25) is 0 Å². The summed E-state index contributed by atoms with van der Waals surface area (Å²) in [6.07, 6.45) is 4.00. The van der Waals surface area contributed by atoms with E-state index in [0.29, 0.717) is 0 Å². The average molecular weight is 224 g/mol. The van der Waals surface area contributed by atoms with Crippen molar-refractivity contribution in [1.82, 2.24) is 0 Å². The fourth-order valence-electron chi connectivity index (χ4n) is 1.38. The molecule has 88 valence electrons. The first-order chi connectivity index (χ1) is 8.27. The second-order valence-electron chi connectivity index (χ2n) is 3.90. The lowest BCUT2D eigenvalue weighted by molar-refractivity contribution is 1.47. The van der Waals surface area contributed by atoms with E-state index in [1.54, 1.807) is 0 Å². The molecule has 0 atom stereocenters. The Labute approximate surface area is 105 Å². The van der Waals surface area contributed by atoms with Gasteiger partial charge in [-0.3, -0.25) is 0 Å². The minimum Gasteiger partial charge on any atom is -0.0919 e. The molecule has 0 heterocycles. The van der Waals surface area contributed by atoms with Crippen LogP contribution in [0.2, 0.25) is 0 Å². The van der Waals surface area contributed by atoms with E-state index in [4.69, 9.17) is 0 Å². The van der Waals surface area contributed by atoms with Crippen molar-refractivity contribution in [3.8, 4) is 11.1 Å². The van der Waals surface area contributed by atoms with Crippen molar-refractivity contribution >= 4 is 0 Å². The second kappa shape index (κ2) is 7.45. The van der Waals surface area contributed by atoms with Crippen LogP contribution in [-0.2, 0) is 0 Å². The number of allylic oxidation sites excluding steroid dienone is 2. The molecule has 0 bridgehead atoms. The molecule has 0 radical (unpaired) electrons. The van der Waals surface area contributed by atoms with E-state index in [1.165, 1.54) is 16.7 Å². The summed E-state index contributed by atoms with van der Waals surface area (Å²) in [5.74, 6) is 0. The highest BCUT2D eigenvalue weighted by Crippen LogP contribution is 2.18. The van der Waals surface area contributed by atoms with Gasteiger partial charge in [0.25, 0.3) is 0 Å². The van der Waals surface area contributed by atoms with Crippen LogP contribution in [0.1, 0.15) is 19.4 Å². The third-order valence-corrected chi connectivity index (χ3v) is 2.49. The third kappa shape index (κ3) is 4.69. The Morgan fingerprint density at radius 1 is 0.647 bits per heavy atom. The predicted molar refractivity (Wildman–Crippen MR) is 77.1 cm³/mol. The third-order valence-electron chi connectivity index (χ3n) is 2.49. The Bertz CT molecular complexity index is 431. The predicted octanol–water partition coefficient (Wildman–Crippen LogP) is 5.24. The zero-order valence-electron chi connectivity index (χ0n) is 10.9. The highest BCUT2D eigenvalue weighted by Gasteiger charge is 1.93. The fraction of sp³-hybridized carbons (Fsp3) is 0.176. The molecule has 2 rings (SSSR count). The van der Waals surface area contributed by atoms with Gasteiger partial charge < -0.3 is 0 Å². The van der Waals surface area contributed by atoms with Crippen molar-refractivity contribution in [2.45, 2.75) is 20.8 Å². The van der Waals surface area contributed by atoms with Crippen LogP contribution in [0.15, 0.2) is 66.7 Å². The molecule has 0 nitrogen and oxygen atoms in total. The van der Waals surface area contributed by atoms with Crippen LogP contribution in [-0.4, -0.2) is 0 Å². The first-order valence-corrected chi connectivity index (χ1v) is 5.97. The molecule has 0 heteroatoms. The van der Waals surface area contributed by atoms with Gasteiger partial charge in [0, 0.05) is 0 Å². The summed E-state index contributed by atoms with van der Waals surface area (Å²) in [6, 6.07) is 19.0. The summed E-state index contributed by atoms with van der Waals surface area (Å²) < 4.78 is 0. The maximum absolute atomic E-state index is 2.16. The van der Waals surface area contributed by atoms with E-state index < -0.39 is 0 Å². The lowest BCUT2D eigenvalue weighted by atomic mass is 10.0. The molecule has 0 aromatic heterocycles. The van der Waals surface area contributed by atoms with Crippen molar-refractivity contribution in [3.05, 3.63) is 72.3 Å². The van der Waals surface area contributed by atoms with Gasteiger partial charge >= 0.3 is 0 Å². The molecule has 0 amide bonds. The first-order valence-electron chi connectivity index (χ1n) is 5.97. The molecule has 0 saturated heterocycles. The Kier molecular flexibility index (Phi) is 5.81. The largest absolute Gasteiger partial charge is 0.0919 e. The van der Waals surface area contributed by atoms with Gasteiger partial charge in [0.1, 0.15) is 0 Å². The number of benzene rings is 2. The standard InChI is InChI=1S/C13H12.C4H8/c1-11-7-9-13(10-8-11)12-5-3-2-4-6-12;1-3-4-2/h2-10H,1H3;3-4H,1-2H3/b;4-3-. The normalized spacial score (nSPS) is 9.82. The van der Waals surface area contributed by atoms with Crippen molar-refractivity contribution < 1.29 is 0 Å². The molecule has 0 spiro atoms. The average Bonchev–Trinajstić information content (AvgIpc) is 2.41. The maximum Gasteiger partial charge on any atom is -0.0184 e. The molecular formula is C17H20. The Morgan fingerprint density at radius 3 is 1.59 bits per heavy atom. The smallest absolute Gasteiger partial charge is 0.0184 e. The van der Waals surface area contributed by atoms with E-state index in [0.717, 1.165) is 0 Å². The lowest BCUT2D eigenvalue weighted by Gasteiger charge is -2.00. The Hall–Kier alpha value is -1.82. The summed E-state index contributed by atoms with van der Waals surface area (Å²) in [4.78, 5) is 0. The number of hydrogen-bond acceptors (Lipinski definition) is 0. The van der Waals surface area contributed by atoms with Crippen LogP contribution >= 0.6 is 0 Å². The number of rotatable bonds is 1. The van der Waals surface area contributed by atoms with Gasteiger partial charge in [-0.1, -0.05) is 72.3 Å². The fourth-order valence-corrected chi connectivity index (χ4v) is 1.38. The van der Waals surface area contributed by atoms with Crippen molar-refractivity contribution in [1.29, 1.82) is 0 Å².